The maximum Gasteiger partial charge on any atom is 0.300 e. The Morgan fingerprint density at radius 3 is 2.47 bits per heavy atom. The van der Waals surface area contributed by atoms with Crippen molar-refractivity contribution in [1.29, 1.82) is 0 Å². The molecule has 0 radical (unpaired) electrons. The Balaban J connectivity index is 1.89. The summed E-state index contributed by atoms with van der Waals surface area (Å²) in [5.41, 5.74) is 1.31. The molecule has 0 saturated carbocycles. The van der Waals surface area contributed by atoms with Crippen molar-refractivity contribution in [3.63, 3.8) is 0 Å². The summed E-state index contributed by atoms with van der Waals surface area (Å²) in [4.78, 5) is 43.3. The third-order valence-electron chi connectivity index (χ3n) is 5.31. The number of rotatable bonds is 5. The van der Waals surface area contributed by atoms with Gasteiger partial charge in [-0.3, -0.25) is 24.3 Å². The number of nitrogens with one attached hydrogen (secondary N) is 1. The van der Waals surface area contributed by atoms with Crippen molar-refractivity contribution in [3.8, 4) is 5.75 Å². The fourth-order valence-corrected chi connectivity index (χ4v) is 3.99. The van der Waals surface area contributed by atoms with Gasteiger partial charge in [-0.25, -0.2) is 0 Å². The molecule has 0 bridgehead atoms. The molecule has 2 aromatic carbocycles. The number of Topliss-reactive ketones (excluding diaryl/α,β-unsaturated/α-hetero) is 1. The van der Waals surface area contributed by atoms with E-state index in [2.05, 4.69) is 10.3 Å². The number of anilines is 2. The van der Waals surface area contributed by atoms with E-state index in [4.69, 9.17) is 16.3 Å². The summed E-state index contributed by atoms with van der Waals surface area (Å²) < 4.78 is 5.21. The molecular weight excluding hydrogens is 458 g/mol. The molecule has 4 rings (SSSR count). The first-order valence-corrected chi connectivity index (χ1v) is 10.6. The van der Waals surface area contributed by atoms with E-state index < -0.39 is 23.5 Å². The smallest absolute Gasteiger partial charge is 0.300 e. The molecule has 34 heavy (non-hydrogen) atoms. The van der Waals surface area contributed by atoms with Crippen LogP contribution in [-0.4, -0.2) is 34.8 Å². The van der Waals surface area contributed by atoms with Crippen LogP contribution in [0.2, 0.25) is 5.02 Å². The molecule has 1 saturated heterocycles. The zero-order valence-electron chi connectivity index (χ0n) is 18.3. The van der Waals surface area contributed by atoms with Crippen LogP contribution in [0.1, 0.15) is 24.2 Å². The van der Waals surface area contributed by atoms with Crippen LogP contribution in [0.4, 0.5) is 11.4 Å². The third-order valence-corrected chi connectivity index (χ3v) is 5.64. The van der Waals surface area contributed by atoms with Crippen LogP contribution in [-0.2, 0) is 14.4 Å². The summed E-state index contributed by atoms with van der Waals surface area (Å²) in [6.07, 6.45) is 1.54. The summed E-state index contributed by atoms with van der Waals surface area (Å²) in [6, 6.07) is 15.2. The Morgan fingerprint density at radius 1 is 1.12 bits per heavy atom. The van der Waals surface area contributed by atoms with Gasteiger partial charge in [0.25, 0.3) is 11.7 Å². The highest BCUT2D eigenvalue weighted by Crippen LogP contribution is 2.42. The molecule has 172 valence electrons. The van der Waals surface area contributed by atoms with Gasteiger partial charge < -0.3 is 15.2 Å². The number of nitrogens with zero attached hydrogens (tertiary/aromatic N) is 2. The second kappa shape index (κ2) is 9.36. The summed E-state index contributed by atoms with van der Waals surface area (Å²) in [7, 11) is 1.46. The molecule has 1 aromatic heterocycles. The first-order valence-electron chi connectivity index (χ1n) is 10.2. The quantitative estimate of drug-likeness (QED) is 0.321. The van der Waals surface area contributed by atoms with E-state index >= 15 is 0 Å². The van der Waals surface area contributed by atoms with Gasteiger partial charge in [-0.2, -0.15) is 0 Å². The van der Waals surface area contributed by atoms with E-state index in [1.165, 1.54) is 37.3 Å². The van der Waals surface area contributed by atoms with Crippen LogP contribution >= 0.6 is 11.6 Å². The van der Waals surface area contributed by atoms with Crippen molar-refractivity contribution in [2.24, 2.45) is 0 Å². The molecule has 1 fully saturated rings. The Labute approximate surface area is 200 Å². The highest BCUT2D eigenvalue weighted by molar-refractivity contribution is 6.52. The standard InChI is InChI=1S/C25H20ClN3O5/c1-14(30)28-15-6-8-16(9-7-15)29-22(20-5-3-4-12-27-20)21(24(32)25(29)33)23(31)18-13-17(34-2)10-11-19(18)26/h3-13,22,31H,1-2H3,(H,28,30)/b23-21+. The van der Waals surface area contributed by atoms with Gasteiger partial charge in [-0.1, -0.05) is 17.7 Å². The lowest BCUT2D eigenvalue weighted by Crippen LogP contribution is -2.29. The number of aliphatic hydroxyl groups excluding tert-OH is 1. The van der Waals surface area contributed by atoms with E-state index in [0.29, 0.717) is 22.8 Å². The van der Waals surface area contributed by atoms with Crippen molar-refractivity contribution in [2.75, 3.05) is 17.3 Å². The third kappa shape index (κ3) is 4.23. The molecule has 1 atom stereocenters. The molecule has 1 aliphatic heterocycles. The van der Waals surface area contributed by atoms with Crippen molar-refractivity contribution >= 4 is 46.3 Å². The van der Waals surface area contributed by atoms with E-state index in [0.717, 1.165) is 0 Å². The van der Waals surface area contributed by atoms with E-state index in [9.17, 15) is 19.5 Å². The molecule has 2 heterocycles. The molecule has 0 aliphatic carbocycles. The monoisotopic (exact) mass is 477 g/mol. The van der Waals surface area contributed by atoms with Crippen LogP contribution in [0.15, 0.2) is 72.4 Å². The Morgan fingerprint density at radius 2 is 1.85 bits per heavy atom. The summed E-state index contributed by atoms with van der Waals surface area (Å²) in [5.74, 6) is -1.96. The lowest BCUT2D eigenvalue weighted by Gasteiger charge is -2.25. The molecule has 2 N–H and O–H groups in total. The molecule has 2 amide bonds. The predicted octanol–water partition coefficient (Wildman–Crippen LogP) is 4.33. The number of benzene rings is 2. The van der Waals surface area contributed by atoms with Gasteiger partial charge in [-0.15, -0.1) is 0 Å². The second-order valence-electron chi connectivity index (χ2n) is 7.50. The Kier molecular flexibility index (Phi) is 6.34. The van der Waals surface area contributed by atoms with Gasteiger partial charge in [0.1, 0.15) is 17.6 Å². The first kappa shape index (κ1) is 23.0. The number of halogens is 1. The highest BCUT2D eigenvalue weighted by atomic mass is 35.5. The number of hydrogen-bond acceptors (Lipinski definition) is 6. The number of aromatic nitrogens is 1. The number of ketones is 1. The number of aliphatic hydroxyl groups is 1. The minimum Gasteiger partial charge on any atom is -0.507 e. The number of hydrogen-bond donors (Lipinski definition) is 2. The van der Waals surface area contributed by atoms with Crippen LogP contribution < -0.4 is 15.0 Å². The minimum absolute atomic E-state index is 0.148. The maximum absolute atomic E-state index is 13.2. The fraction of sp³-hybridized carbons (Fsp3) is 0.120. The van der Waals surface area contributed by atoms with Gasteiger partial charge in [0.05, 0.1) is 23.4 Å². The number of carbonyl (C=O) groups excluding carboxylic acids is 3. The minimum atomic E-state index is -1.00. The van der Waals surface area contributed by atoms with Crippen molar-refractivity contribution in [1.82, 2.24) is 4.98 Å². The normalized spacial score (nSPS) is 17.0. The molecule has 1 unspecified atom stereocenters. The average molecular weight is 478 g/mol. The molecule has 3 aromatic rings. The van der Waals surface area contributed by atoms with Crippen LogP contribution in [0, 0.1) is 0 Å². The average Bonchev–Trinajstić information content (AvgIpc) is 3.10. The summed E-state index contributed by atoms with van der Waals surface area (Å²) >= 11 is 6.31. The van der Waals surface area contributed by atoms with Crippen molar-refractivity contribution < 1.29 is 24.2 Å². The molecule has 1 aliphatic rings. The lowest BCUT2D eigenvalue weighted by molar-refractivity contribution is -0.132. The second-order valence-corrected chi connectivity index (χ2v) is 7.90. The number of amides is 2. The lowest BCUT2D eigenvalue weighted by atomic mass is 9.98. The van der Waals surface area contributed by atoms with Crippen molar-refractivity contribution in [3.05, 3.63) is 88.7 Å². The molecule has 9 heteroatoms. The van der Waals surface area contributed by atoms with Gasteiger partial charge >= 0.3 is 0 Å². The fourth-order valence-electron chi connectivity index (χ4n) is 3.78. The largest absolute Gasteiger partial charge is 0.507 e. The zero-order chi connectivity index (χ0) is 24.4. The Bertz CT molecular complexity index is 1310. The van der Waals surface area contributed by atoms with E-state index in [-0.39, 0.29) is 22.1 Å². The topological polar surface area (TPSA) is 109 Å². The van der Waals surface area contributed by atoms with Gasteiger partial charge in [-0.05, 0) is 54.6 Å². The molecule has 8 nitrogen and oxygen atoms in total. The number of ether oxygens (including phenoxy) is 1. The van der Waals surface area contributed by atoms with Gasteiger partial charge in [0, 0.05) is 30.1 Å². The number of carbonyl (C=O) groups is 3. The zero-order valence-corrected chi connectivity index (χ0v) is 19.0. The van der Waals surface area contributed by atoms with Crippen LogP contribution in [0.25, 0.3) is 5.76 Å². The van der Waals surface area contributed by atoms with Crippen LogP contribution in [0.3, 0.4) is 0 Å². The van der Waals surface area contributed by atoms with Gasteiger partial charge in [0.15, 0.2) is 0 Å². The molecule has 0 spiro atoms. The Hall–Kier alpha value is -4.17. The maximum atomic E-state index is 13.2. The number of pyridine rings is 1. The van der Waals surface area contributed by atoms with E-state index in [1.807, 2.05) is 0 Å². The SMILES string of the molecule is COc1ccc(Cl)c(/C(O)=C2\C(=O)C(=O)N(c3ccc(NC(C)=O)cc3)C2c2ccccn2)c1. The van der Waals surface area contributed by atoms with Crippen LogP contribution in [0.5, 0.6) is 5.75 Å². The number of methoxy groups -OCH3 is 1. The van der Waals surface area contributed by atoms with E-state index in [1.54, 1.807) is 48.5 Å². The summed E-state index contributed by atoms with van der Waals surface area (Å²) in [6.45, 7) is 1.39. The first-order chi connectivity index (χ1) is 16.3. The molecular formula is C25H20ClN3O5. The summed E-state index contributed by atoms with van der Waals surface area (Å²) in [5, 5.41) is 14.1. The highest BCUT2D eigenvalue weighted by Gasteiger charge is 2.47. The van der Waals surface area contributed by atoms with Crippen molar-refractivity contribution in [2.45, 2.75) is 13.0 Å². The predicted molar refractivity (Wildman–Crippen MR) is 128 cm³/mol. The van der Waals surface area contributed by atoms with Gasteiger partial charge in [0.2, 0.25) is 5.91 Å².